The van der Waals surface area contributed by atoms with Crippen LogP contribution in [0.5, 0.6) is 0 Å². The Morgan fingerprint density at radius 3 is 2.62 bits per heavy atom. The predicted molar refractivity (Wildman–Crippen MR) is 101 cm³/mol. The first-order valence-corrected chi connectivity index (χ1v) is 9.40. The predicted octanol–water partition coefficient (Wildman–Crippen LogP) is 0.776. The van der Waals surface area contributed by atoms with Crippen molar-refractivity contribution in [3.8, 4) is 0 Å². The normalized spacial score (nSPS) is 24.5. The number of piperazine rings is 1. The molecule has 0 saturated carbocycles. The maximum Gasteiger partial charge on any atom is 0.236 e. The van der Waals surface area contributed by atoms with Gasteiger partial charge in [0.05, 0.1) is 13.2 Å². The molecule has 0 spiro atoms. The van der Waals surface area contributed by atoms with E-state index in [2.05, 4.69) is 26.3 Å². The summed E-state index contributed by atoms with van der Waals surface area (Å²) in [4.78, 5) is 27.6. The van der Waals surface area contributed by atoms with Crippen LogP contribution in [0.4, 0.5) is 5.95 Å². The summed E-state index contributed by atoms with van der Waals surface area (Å²) in [5.74, 6) is 0.919. The monoisotopic (exact) mass is 359 g/mol. The van der Waals surface area contributed by atoms with Crippen LogP contribution >= 0.6 is 0 Å². The van der Waals surface area contributed by atoms with E-state index in [9.17, 15) is 9.90 Å². The summed E-state index contributed by atoms with van der Waals surface area (Å²) in [7, 11) is 0. The average molecular weight is 359 g/mol. The van der Waals surface area contributed by atoms with Gasteiger partial charge in [0, 0.05) is 57.1 Å². The van der Waals surface area contributed by atoms with Gasteiger partial charge in [0.15, 0.2) is 0 Å². The lowest BCUT2D eigenvalue weighted by molar-refractivity contribution is -0.136. The van der Waals surface area contributed by atoms with Crippen molar-refractivity contribution in [1.82, 2.24) is 19.8 Å². The van der Waals surface area contributed by atoms with E-state index in [4.69, 9.17) is 0 Å². The van der Waals surface area contributed by atoms with Crippen molar-refractivity contribution in [3.05, 3.63) is 31.1 Å². The highest BCUT2D eigenvalue weighted by Gasteiger charge is 2.36. The molecule has 0 aromatic carbocycles. The average Bonchev–Trinajstić information content (AvgIpc) is 2.69. The zero-order valence-corrected chi connectivity index (χ0v) is 15.4. The summed E-state index contributed by atoms with van der Waals surface area (Å²) in [6.07, 6.45) is 8.02. The summed E-state index contributed by atoms with van der Waals surface area (Å²) >= 11 is 0. The highest BCUT2D eigenvalue weighted by atomic mass is 16.3. The first kappa shape index (κ1) is 18.8. The molecule has 0 radical (unpaired) electrons. The summed E-state index contributed by atoms with van der Waals surface area (Å²) in [6.45, 7) is 9.09. The number of piperidine rings is 1. The van der Waals surface area contributed by atoms with Crippen molar-refractivity contribution in [2.45, 2.75) is 19.3 Å². The number of aliphatic hydroxyl groups excluding tert-OH is 1. The molecule has 7 heteroatoms. The number of aliphatic hydroxyl groups is 1. The van der Waals surface area contributed by atoms with E-state index in [0.29, 0.717) is 13.1 Å². The van der Waals surface area contributed by atoms with E-state index < -0.39 is 0 Å². The van der Waals surface area contributed by atoms with Gasteiger partial charge in [-0.05, 0) is 25.3 Å². The Kier molecular flexibility index (Phi) is 6.21. The van der Waals surface area contributed by atoms with Crippen LogP contribution in [-0.4, -0.2) is 83.2 Å². The lowest BCUT2D eigenvalue weighted by Gasteiger charge is -2.42. The van der Waals surface area contributed by atoms with Crippen LogP contribution in [0.25, 0.3) is 0 Å². The second kappa shape index (κ2) is 8.60. The standard InChI is InChI=1S/C19H29N5O2/c1-2-5-19(16-25)6-3-9-24(15-19)17(26)14-22-10-12-23(13-11-22)18-20-7-4-8-21-18/h2,4,7-8,25H,1,3,5-6,9-16H2. The highest BCUT2D eigenvalue weighted by Crippen LogP contribution is 2.33. The van der Waals surface area contributed by atoms with Crippen LogP contribution in [0.15, 0.2) is 31.1 Å². The van der Waals surface area contributed by atoms with Gasteiger partial charge in [-0.1, -0.05) is 6.08 Å². The fourth-order valence-corrected chi connectivity index (χ4v) is 3.94. The third-order valence-corrected chi connectivity index (χ3v) is 5.49. The summed E-state index contributed by atoms with van der Waals surface area (Å²) in [5.41, 5.74) is -0.209. The lowest BCUT2D eigenvalue weighted by atomic mass is 9.78. The Balaban J connectivity index is 1.50. The van der Waals surface area contributed by atoms with Crippen LogP contribution in [-0.2, 0) is 4.79 Å². The third kappa shape index (κ3) is 4.40. The van der Waals surface area contributed by atoms with Gasteiger partial charge in [-0.15, -0.1) is 6.58 Å². The van der Waals surface area contributed by atoms with Crippen LogP contribution < -0.4 is 4.90 Å². The van der Waals surface area contributed by atoms with Gasteiger partial charge in [0.1, 0.15) is 0 Å². The van der Waals surface area contributed by atoms with Crippen LogP contribution in [0.3, 0.4) is 0 Å². The molecule has 1 aromatic rings. The number of anilines is 1. The van der Waals surface area contributed by atoms with E-state index in [0.717, 1.165) is 57.9 Å². The molecule has 2 fully saturated rings. The molecule has 26 heavy (non-hydrogen) atoms. The first-order chi connectivity index (χ1) is 12.7. The number of aromatic nitrogens is 2. The molecule has 1 unspecified atom stereocenters. The van der Waals surface area contributed by atoms with Crippen molar-refractivity contribution in [3.63, 3.8) is 0 Å². The van der Waals surface area contributed by atoms with Crippen molar-refractivity contribution >= 4 is 11.9 Å². The molecule has 2 aliphatic heterocycles. The van der Waals surface area contributed by atoms with Gasteiger partial charge in [-0.25, -0.2) is 9.97 Å². The van der Waals surface area contributed by atoms with E-state index in [1.807, 2.05) is 17.0 Å². The van der Waals surface area contributed by atoms with E-state index in [1.54, 1.807) is 12.4 Å². The molecular formula is C19H29N5O2. The highest BCUT2D eigenvalue weighted by molar-refractivity contribution is 5.78. The quantitative estimate of drug-likeness (QED) is 0.757. The Hall–Kier alpha value is -1.99. The molecule has 1 aromatic heterocycles. The fraction of sp³-hybridized carbons (Fsp3) is 0.632. The Morgan fingerprint density at radius 1 is 1.23 bits per heavy atom. The molecule has 7 nitrogen and oxygen atoms in total. The van der Waals surface area contributed by atoms with Gasteiger partial charge < -0.3 is 14.9 Å². The Bertz CT molecular complexity index is 603. The third-order valence-electron chi connectivity index (χ3n) is 5.49. The minimum atomic E-state index is -0.209. The second-order valence-corrected chi connectivity index (χ2v) is 7.38. The van der Waals surface area contributed by atoms with Crippen molar-refractivity contribution in [1.29, 1.82) is 0 Å². The number of hydrogen-bond acceptors (Lipinski definition) is 6. The molecule has 2 saturated heterocycles. The number of likely N-dealkylation sites (tertiary alicyclic amines) is 1. The molecule has 3 heterocycles. The van der Waals surface area contributed by atoms with Crippen molar-refractivity contribution in [2.75, 3.05) is 57.3 Å². The molecule has 142 valence electrons. The summed E-state index contributed by atoms with van der Waals surface area (Å²) in [6, 6.07) is 1.82. The van der Waals surface area contributed by atoms with E-state index in [-0.39, 0.29) is 17.9 Å². The number of carbonyl (C=O) groups is 1. The second-order valence-electron chi connectivity index (χ2n) is 7.38. The minimum Gasteiger partial charge on any atom is -0.396 e. The van der Waals surface area contributed by atoms with Crippen molar-refractivity contribution < 1.29 is 9.90 Å². The van der Waals surface area contributed by atoms with Crippen molar-refractivity contribution in [2.24, 2.45) is 5.41 Å². The summed E-state index contributed by atoms with van der Waals surface area (Å²) in [5, 5.41) is 9.82. The number of hydrogen-bond donors (Lipinski definition) is 1. The smallest absolute Gasteiger partial charge is 0.236 e. The van der Waals surface area contributed by atoms with Gasteiger partial charge in [-0.2, -0.15) is 0 Å². The largest absolute Gasteiger partial charge is 0.396 e. The molecule has 1 amide bonds. The zero-order valence-electron chi connectivity index (χ0n) is 15.4. The van der Waals surface area contributed by atoms with Crippen LogP contribution in [0.1, 0.15) is 19.3 Å². The number of rotatable bonds is 6. The van der Waals surface area contributed by atoms with Gasteiger partial charge >= 0.3 is 0 Å². The molecule has 3 rings (SSSR count). The molecule has 0 aliphatic carbocycles. The molecule has 0 bridgehead atoms. The van der Waals surface area contributed by atoms with E-state index in [1.165, 1.54) is 0 Å². The summed E-state index contributed by atoms with van der Waals surface area (Å²) < 4.78 is 0. The number of allylic oxidation sites excluding steroid dienone is 1. The van der Waals surface area contributed by atoms with Crippen LogP contribution in [0.2, 0.25) is 0 Å². The Labute approximate surface area is 155 Å². The molecule has 1 N–H and O–H groups in total. The first-order valence-electron chi connectivity index (χ1n) is 9.40. The lowest BCUT2D eigenvalue weighted by Crippen LogP contribution is -2.53. The fourth-order valence-electron chi connectivity index (χ4n) is 3.94. The van der Waals surface area contributed by atoms with Gasteiger partial charge in [0.2, 0.25) is 11.9 Å². The number of amides is 1. The zero-order chi connectivity index (χ0) is 18.4. The van der Waals surface area contributed by atoms with Gasteiger partial charge in [0.25, 0.3) is 0 Å². The maximum absolute atomic E-state index is 12.8. The molecular weight excluding hydrogens is 330 g/mol. The van der Waals surface area contributed by atoms with Gasteiger partial charge in [-0.3, -0.25) is 9.69 Å². The number of carbonyl (C=O) groups excluding carboxylic acids is 1. The topological polar surface area (TPSA) is 72.8 Å². The molecule has 2 aliphatic rings. The SMILES string of the molecule is C=CCC1(CO)CCCN(C(=O)CN2CCN(c3ncccn3)CC2)C1. The number of nitrogens with zero attached hydrogens (tertiary/aromatic N) is 5. The van der Waals surface area contributed by atoms with Crippen LogP contribution in [0, 0.1) is 5.41 Å². The van der Waals surface area contributed by atoms with E-state index >= 15 is 0 Å². The maximum atomic E-state index is 12.8. The molecule has 1 atom stereocenters. The minimum absolute atomic E-state index is 0.110. The Morgan fingerprint density at radius 2 is 1.96 bits per heavy atom.